The van der Waals surface area contributed by atoms with E-state index in [9.17, 15) is 4.79 Å². The largest absolute Gasteiger partial charge is 0.459 e. The fraction of sp³-hybridized carbons (Fsp3) is 0.235. The summed E-state index contributed by atoms with van der Waals surface area (Å²) in [7, 11) is 0. The Morgan fingerprint density at radius 2 is 2.13 bits per heavy atom. The molecule has 1 aliphatic rings. The predicted molar refractivity (Wildman–Crippen MR) is 87.4 cm³/mol. The normalized spacial score (nSPS) is 14.3. The van der Waals surface area contributed by atoms with Crippen molar-refractivity contribution in [2.45, 2.75) is 12.8 Å². The van der Waals surface area contributed by atoms with Gasteiger partial charge >= 0.3 is 0 Å². The molecule has 0 bridgehead atoms. The Kier molecular flexibility index (Phi) is 3.67. The first kappa shape index (κ1) is 14.1. The van der Waals surface area contributed by atoms with Crippen LogP contribution in [-0.4, -0.2) is 33.9 Å². The lowest BCUT2D eigenvalue weighted by Crippen LogP contribution is -2.33. The number of carbonyl (C=O) groups is 1. The first-order valence-electron chi connectivity index (χ1n) is 7.51. The van der Waals surface area contributed by atoms with E-state index in [0.717, 1.165) is 35.4 Å². The van der Waals surface area contributed by atoms with Crippen molar-refractivity contribution in [2.24, 2.45) is 0 Å². The van der Waals surface area contributed by atoms with Gasteiger partial charge in [-0.1, -0.05) is 0 Å². The Morgan fingerprint density at radius 1 is 1.22 bits per heavy atom. The third kappa shape index (κ3) is 2.66. The van der Waals surface area contributed by atoms with E-state index in [0.29, 0.717) is 18.8 Å². The zero-order chi connectivity index (χ0) is 15.6. The number of rotatable bonds is 2. The second kappa shape index (κ2) is 5.96. The molecule has 4 heterocycles. The summed E-state index contributed by atoms with van der Waals surface area (Å²) in [5, 5.41) is 4.15. The van der Waals surface area contributed by atoms with Gasteiger partial charge in [-0.15, -0.1) is 0 Å². The van der Waals surface area contributed by atoms with Crippen molar-refractivity contribution in [3.05, 3.63) is 58.6 Å². The van der Waals surface area contributed by atoms with Gasteiger partial charge in [0.25, 0.3) is 5.91 Å². The minimum atomic E-state index is -0.0622. The summed E-state index contributed by atoms with van der Waals surface area (Å²) in [6, 6.07) is 5.51. The molecule has 0 saturated carbocycles. The number of hydrogen-bond acceptors (Lipinski definition) is 5. The molecule has 1 amide bonds. The smallest absolute Gasteiger partial charge is 0.289 e. The van der Waals surface area contributed by atoms with E-state index in [1.807, 2.05) is 10.3 Å². The van der Waals surface area contributed by atoms with Crippen LogP contribution in [0.2, 0.25) is 0 Å². The Hall–Kier alpha value is -2.47. The van der Waals surface area contributed by atoms with Gasteiger partial charge in [0.2, 0.25) is 0 Å². The lowest BCUT2D eigenvalue weighted by atomic mass is 10.0. The quantitative estimate of drug-likeness (QED) is 0.726. The highest BCUT2D eigenvalue weighted by Gasteiger charge is 2.24. The minimum absolute atomic E-state index is 0.0622. The van der Waals surface area contributed by atoms with Gasteiger partial charge < -0.3 is 9.32 Å². The number of carbonyl (C=O) groups excluding carboxylic acids is 1. The first-order valence-corrected chi connectivity index (χ1v) is 8.45. The molecular weight excluding hydrogens is 310 g/mol. The maximum Gasteiger partial charge on any atom is 0.289 e. The molecular formula is C17H15N3O2S. The van der Waals surface area contributed by atoms with Crippen molar-refractivity contribution in [2.75, 3.05) is 13.1 Å². The molecule has 1 aliphatic heterocycles. The molecule has 0 unspecified atom stereocenters. The van der Waals surface area contributed by atoms with E-state index >= 15 is 0 Å². The highest BCUT2D eigenvalue weighted by atomic mass is 32.1. The van der Waals surface area contributed by atoms with Crippen LogP contribution in [0, 0.1) is 0 Å². The fourth-order valence-corrected chi connectivity index (χ4v) is 3.57. The Morgan fingerprint density at radius 3 is 2.91 bits per heavy atom. The van der Waals surface area contributed by atoms with Crippen molar-refractivity contribution in [1.82, 2.24) is 14.9 Å². The standard InChI is InChI=1S/C17H15N3O2S/c21-17(15-2-1-8-22-15)20-6-3-13-14(4-7-20)18-11-19-16(13)12-5-9-23-10-12/h1-2,5,8-11H,3-4,6-7H2. The van der Waals surface area contributed by atoms with Gasteiger partial charge in [-0.2, -0.15) is 11.3 Å². The lowest BCUT2D eigenvalue weighted by Gasteiger charge is -2.18. The molecule has 0 aromatic carbocycles. The van der Waals surface area contributed by atoms with Crippen LogP contribution in [0.25, 0.3) is 11.3 Å². The summed E-state index contributed by atoms with van der Waals surface area (Å²) >= 11 is 1.66. The van der Waals surface area contributed by atoms with Crippen molar-refractivity contribution in [3.8, 4) is 11.3 Å². The van der Waals surface area contributed by atoms with Gasteiger partial charge in [-0.25, -0.2) is 9.97 Å². The van der Waals surface area contributed by atoms with Gasteiger partial charge in [0.1, 0.15) is 6.33 Å². The summed E-state index contributed by atoms with van der Waals surface area (Å²) in [6.45, 7) is 1.30. The van der Waals surface area contributed by atoms with Crippen LogP contribution >= 0.6 is 11.3 Å². The van der Waals surface area contributed by atoms with Crippen LogP contribution in [-0.2, 0) is 12.8 Å². The van der Waals surface area contributed by atoms with Crippen LogP contribution in [0.3, 0.4) is 0 Å². The highest BCUT2D eigenvalue weighted by Crippen LogP contribution is 2.27. The summed E-state index contributed by atoms with van der Waals surface area (Å²) < 4.78 is 5.23. The van der Waals surface area contributed by atoms with Crippen LogP contribution in [0.4, 0.5) is 0 Å². The highest BCUT2D eigenvalue weighted by molar-refractivity contribution is 7.08. The molecule has 5 nitrogen and oxygen atoms in total. The summed E-state index contributed by atoms with van der Waals surface area (Å²) in [5.74, 6) is 0.327. The van der Waals surface area contributed by atoms with Crippen molar-refractivity contribution in [1.29, 1.82) is 0 Å². The van der Waals surface area contributed by atoms with E-state index < -0.39 is 0 Å². The topological polar surface area (TPSA) is 59.2 Å². The molecule has 0 fully saturated rings. The molecule has 116 valence electrons. The second-order valence-electron chi connectivity index (χ2n) is 5.43. The maximum absolute atomic E-state index is 12.5. The van der Waals surface area contributed by atoms with Crippen LogP contribution < -0.4 is 0 Å². The molecule has 0 spiro atoms. The Balaban J connectivity index is 1.62. The molecule has 6 heteroatoms. The number of fused-ring (bicyclic) bond motifs is 1. The molecule has 0 atom stereocenters. The first-order chi connectivity index (χ1) is 11.3. The number of nitrogens with zero attached hydrogens (tertiary/aromatic N) is 3. The van der Waals surface area contributed by atoms with Crippen LogP contribution in [0.15, 0.2) is 46.0 Å². The second-order valence-corrected chi connectivity index (χ2v) is 6.21. The number of aromatic nitrogens is 2. The van der Waals surface area contributed by atoms with Gasteiger partial charge in [0.15, 0.2) is 5.76 Å². The van der Waals surface area contributed by atoms with E-state index in [1.165, 1.54) is 6.26 Å². The molecule has 4 rings (SSSR count). The lowest BCUT2D eigenvalue weighted by molar-refractivity contribution is 0.0731. The molecule has 0 N–H and O–H groups in total. The zero-order valence-electron chi connectivity index (χ0n) is 12.4. The van der Waals surface area contributed by atoms with Gasteiger partial charge in [-0.05, 0) is 30.0 Å². The average Bonchev–Trinajstić information content (AvgIpc) is 3.24. The van der Waals surface area contributed by atoms with E-state index in [-0.39, 0.29) is 5.91 Å². The third-order valence-electron chi connectivity index (χ3n) is 4.10. The maximum atomic E-state index is 12.5. The summed E-state index contributed by atoms with van der Waals surface area (Å²) in [4.78, 5) is 23.2. The Bertz CT molecular complexity index is 812. The van der Waals surface area contributed by atoms with E-state index in [4.69, 9.17) is 4.42 Å². The van der Waals surface area contributed by atoms with Gasteiger partial charge in [0, 0.05) is 41.7 Å². The molecule has 23 heavy (non-hydrogen) atoms. The van der Waals surface area contributed by atoms with Crippen LogP contribution in [0.1, 0.15) is 21.8 Å². The number of hydrogen-bond donors (Lipinski definition) is 0. The number of amides is 1. The molecule has 3 aromatic heterocycles. The average molecular weight is 325 g/mol. The predicted octanol–water partition coefficient (Wildman–Crippen LogP) is 3.04. The number of furan rings is 1. The van der Waals surface area contributed by atoms with Crippen molar-refractivity contribution < 1.29 is 9.21 Å². The van der Waals surface area contributed by atoms with E-state index in [1.54, 1.807) is 29.8 Å². The summed E-state index contributed by atoms with van der Waals surface area (Å²) in [6.07, 6.45) is 4.64. The molecule has 0 aliphatic carbocycles. The monoisotopic (exact) mass is 325 g/mol. The van der Waals surface area contributed by atoms with E-state index in [2.05, 4.69) is 21.4 Å². The third-order valence-corrected chi connectivity index (χ3v) is 4.78. The Labute approximate surface area is 137 Å². The van der Waals surface area contributed by atoms with Crippen LogP contribution in [0.5, 0.6) is 0 Å². The molecule has 0 radical (unpaired) electrons. The fourth-order valence-electron chi connectivity index (χ4n) is 2.93. The minimum Gasteiger partial charge on any atom is -0.459 e. The molecule has 3 aromatic rings. The molecule has 0 saturated heterocycles. The summed E-state index contributed by atoms with van der Waals surface area (Å²) in [5.41, 5.74) is 4.31. The van der Waals surface area contributed by atoms with Gasteiger partial charge in [-0.3, -0.25) is 4.79 Å². The van der Waals surface area contributed by atoms with Crippen molar-refractivity contribution in [3.63, 3.8) is 0 Å². The SMILES string of the molecule is O=C(c1ccco1)N1CCc2ncnc(-c3ccsc3)c2CC1. The zero-order valence-corrected chi connectivity index (χ0v) is 13.3. The van der Waals surface area contributed by atoms with Crippen molar-refractivity contribution >= 4 is 17.2 Å². The van der Waals surface area contributed by atoms with Gasteiger partial charge in [0.05, 0.1) is 12.0 Å². The number of thiophene rings is 1.